The van der Waals surface area contributed by atoms with Crippen LogP contribution in [-0.4, -0.2) is 5.11 Å². The minimum atomic E-state index is -0.315. The molecule has 3 rings (SSSR count). The van der Waals surface area contributed by atoms with Gasteiger partial charge < -0.3 is 15.3 Å². The second-order valence-corrected chi connectivity index (χ2v) is 4.22. The highest BCUT2D eigenvalue weighted by Crippen LogP contribution is 2.30. The van der Waals surface area contributed by atoms with Crippen LogP contribution in [0.15, 0.2) is 57.7 Å². The third-order valence-electron chi connectivity index (χ3n) is 2.95. The van der Waals surface area contributed by atoms with E-state index in [1.807, 2.05) is 30.3 Å². The van der Waals surface area contributed by atoms with Gasteiger partial charge >= 0.3 is 0 Å². The van der Waals surface area contributed by atoms with E-state index in [0.717, 1.165) is 5.56 Å². The van der Waals surface area contributed by atoms with Crippen molar-refractivity contribution in [2.75, 3.05) is 5.73 Å². The van der Waals surface area contributed by atoms with E-state index < -0.39 is 0 Å². The SMILES string of the molecule is Nc1ccc(O)c2c(=O)cc(-c3ccccc3)oc12. The standard InChI is InChI=1S/C15H11NO3/c16-10-6-7-11(17)14-12(18)8-13(19-15(10)14)9-4-2-1-3-5-9/h1-8,17H,16H2. The Labute approximate surface area is 108 Å². The van der Waals surface area contributed by atoms with Gasteiger partial charge in [0.25, 0.3) is 0 Å². The van der Waals surface area contributed by atoms with Crippen LogP contribution in [-0.2, 0) is 0 Å². The molecule has 0 aliphatic carbocycles. The Balaban J connectivity index is 2.38. The van der Waals surface area contributed by atoms with E-state index in [1.165, 1.54) is 18.2 Å². The molecule has 0 unspecified atom stereocenters. The maximum atomic E-state index is 12.1. The molecule has 0 radical (unpaired) electrons. The second kappa shape index (κ2) is 4.17. The third-order valence-corrected chi connectivity index (χ3v) is 2.95. The second-order valence-electron chi connectivity index (χ2n) is 4.22. The van der Waals surface area contributed by atoms with E-state index in [1.54, 1.807) is 0 Å². The van der Waals surface area contributed by atoms with E-state index in [9.17, 15) is 9.90 Å². The maximum Gasteiger partial charge on any atom is 0.197 e. The zero-order valence-electron chi connectivity index (χ0n) is 9.96. The van der Waals surface area contributed by atoms with Crippen LogP contribution in [0.5, 0.6) is 5.75 Å². The van der Waals surface area contributed by atoms with Crippen LogP contribution in [0.2, 0.25) is 0 Å². The number of phenolic OH excluding ortho intramolecular Hbond substituents is 1. The lowest BCUT2D eigenvalue weighted by Crippen LogP contribution is -2.02. The Morgan fingerprint density at radius 3 is 2.53 bits per heavy atom. The fourth-order valence-electron chi connectivity index (χ4n) is 2.01. The molecule has 19 heavy (non-hydrogen) atoms. The summed E-state index contributed by atoms with van der Waals surface area (Å²) in [5, 5.41) is 9.83. The number of nitrogen functional groups attached to an aromatic ring is 1. The summed E-state index contributed by atoms with van der Waals surface area (Å²) in [6.07, 6.45) is 0. The minimum absolute atomic E-state index is 0.111. The number of rotatable bonds is 1. The molecule has 0 saturated heterocycles. The molecule has 1 heterocycles. The van der Waals surface area contributed by atoms with E-state index in [2.05, 4.69) is 0 Å². The normalized spacial score (nSPS) is 10.7. The average molecular weight is 253 g/mol. The monoisotopic (exact) mass is 253 g/mol. The molecular formula is C15H11NO3. The highest BCUT2D eigenvalue weighted by molar-refractivity contribution is 5.92. The molecule has 0 atom stereocenters. The fraction of sp³-hybridized carbons (Fsp3) is 0. The zero-order chi connectivity index (χ0) is 13.4. The third kappa shape index (κ3) is 1.83. The van der Waals surface area contributed by atoms with Crippen molar-refractivity contribution in [3.8, 4) is 17.1 Å². The van der Waals surface area contributed by atoms with Crippen LogP contribution in [0.1, 0.15) is 0 Å². The number of nitrogens with two attached hydrogens (primary N) is 1. The minimum Gasteiger partial charge on any atom is -0.507 e. The van der Waals surface area contributed by atoms with E-state index in [0.29, 0.717) is 11.4 Å². The molecule has 1 aromatic heterocycles. The average Bonchev–Trinajstić information content (AvgIpc) is 2.43. The summed E-state index contributed by atoms with van der Waals surface area (Å²) < 4.78 is 5.66. The van der Waals surface area contributed by atoms with Crippen molar-refractivity contribution in [1.29, 1.82) is 0 Å². The van der Waals surface area contributed by atoms with Crippen LogP contribution in [0, 0.1) is 0 Å². The molecule has 0 aliphatic rings. The molecule has 0 spiro atoms. The lowest BCUT2D eigenvalue weighted by atomic mass is 10.1. The van der Waals surface area contributed by atoms with Crippen molar-refractivity contribution in [1.82, 2.24) is 0 Å². The van der Waals surface area contributed by atoms with E-state index in [-0.39, 0.29) is 22.1 Å². The van der Waals surface area contributed by atoms with Crippen LogP contribution in [0.25, 0.3) is 22.3 Å². The summed E-state index contributed by atoms with van der Waals surface area (Å²) in [4.78, 5) is 12.1. The molecular weight excluding hydrogens is 242 g/mol. The molecule has 0 saturated carbocycles. The van der Waals surface area contributed by atoms with Crippen molar-refractivity contribution in [3.63, 3.8) is 0 Å². The number of fused-ring (bicyclic) bond motifs is 1. The van der Waals surface area contributed by atoms with Crippen molar-refractivity contribution in [2.45, 2.75) is 0 Å². The Bertz CT molecular complexity index is 807. The van der Waals surface area contributed by atoms with Crippen molar-refractivity contribution in [3.05, 3.63) is 58.8 Å². The first-order valence-electron chi connectivity index (χ1n) is 5.77. The molecule has 4 heteroatoms. The van der Waals surface area contributed by atoms with Crippen LogP contribution < -0.4 is 11.2 Å². The van der Waals surface area contributed by atoms with Gasteiger partial charge in [0, 0.05) is 11.6 Å². The summed E-state index contributed by atoms with van der Waals surface area (Å²) >= 11 is 0. The van der Waals surface area contributed by atoms with Gasteiger partial charge in [-0.25, -0.2) is 0 Å². The summed E-state index contributed by atoms with van der Waals surface area (Å²) in [5.41, 5.74) is 6.80. The largest absolute Gasteiger partial charge is 0.507 e. The molecule has 94 valence electrons. The van der Waals surface area contributed by atoms with Crippen LogP contribution in [0.3, 0.4) is 0 Å². The van der Waals surface area contributed by atoms with Crippen LogP contribution in [0.4, 0.5) is 5.69 Å². The highest BCUT2D eigenvalue weighted by Gasteiger charge is 2.12. The number of benzene rings is 2. The van der Waals surface area contributed by atoms with Gasteiger partial charge in [0.15, 0.2) is 11.0 Å². The van der Waals surface area contributed by atoms with Gasteiger partial charge in [-0.05, 0) is 12.1 Å². The zero-order valence-corrected chi connectivity index (χ0v) is 9.96. The Hall–Kier alpha value is -2.75. The smallest absolute Gasteiger partial charge is 0.197 e. The number of hydrogen-bond acceptors (Lipinski definition) is 4. The number of aromatic hydroxyl groups is 1. The first kappa shape index (κ1) is 11.3. The molecule has 2 aromatic carbocycles. The van der Waals surface area contributed by atoms with Gasteiger partial charge in [0.2, 0.25) is 0 Å². The molecule has 0 bridgehead atoms. The first-order chi connectivity index (χ1) is 9.16. The molecule has 3 aromatic rings. The molecule has 0 aliphatic heterocycles. The lowest BCUT2D eigenvalue weighted by Gasteiger charge is -2.06. The number of hydrogen-bond donors (Lipinski definition) is 2. The number of anilines is 1. The molecule has 0 fully saturated rings. The Morgan fingerprint density at radius 2 is 1.79 bits per heavy atom. The maximum absolute atomic E-state index is 12.1. The summed E-state index contributed by atoms with van der Waals surface area (Å²) in [6, 6.07) is 13.5. The predicted molar refractivity (Wildman–Crippen MR) is 74.0 cm³/mol. The van der Waals surface area contributed by atoms with Gasteiger partial charge in [0.05, 0.1) is 5.69 Å². The van der Waals surface area contributed by atoms with Gasteiger partial charge in [-0.3, -0.25) is 4.79 Å². The molecule has 4 nitrogen and oxygen atoms in total. The Morgan fingerprint density at radius 1 is 1.05 bits per heavy atom. The van der Waals surface area contributed by atoms with Gasteiger partial charge in [-0.2, -0.15) is 0 Å². The van der Waals surface area contributed by atoms with Gasteiger partial charge in [0.1, 0.15) is 16.9 Å². The lowest BCUT2D eigenvalue weighted by molar-refractivity contribution is 0.480. The van der Waals surface area contributed by atoms with Crippen molar-refractivity contribution in [2.24, 2.45) is 0 Å². The van der Waals surface area contributed by atoms with E-state index >= 15 is 0 Å². The van der Waals surface area contributed by atoms with Crippen molar-refractivity contribution < 1.29 is 9.52 Å². The Kier molecular flexibility index (Phi) is 2.49. The fourth-order valence-corrected chi connectivity index (χ4v) is 2.01. The van der Waals surface area contributed by atoms with Crippen LogP contribution >= 0.6 is 0 Å². The summed E-state index contributed by atoms with van der Waals surface area (Å²) in [6.45, 7) is 0. The highest BCUT2D eigenvalue weighted by atomic mass is 16.3. The summed E-state index contributed by atoms with van der Waals surface area (Å²) in [5.74, 6) is 0.299. The predicted octanol–water partition coefficient (Wildman–Crippen LogP) is 2.75. The van der Waals surface area contributed by atoms with Gasteiger partial charge in [-0.15, -0.1) is 0 Å². The first-order valence-corrected chi connectivity index (χ1v) is 5.77. The molecule has 0 amide bonds. The van der Waals surface area contributed by atoms with E-state index in [4.69, 9.17) is 10.2 Å². The van der Waals surface area contributed by atoms with Crippen molar-refractivity contribution >= 4 is 16.7 Å². The number of phenols is 1. The topological polar surface area (TPSA) is 76.5 Å². The van der Waals surface area contributed by atoms with Gasteiger partial charge in [-0.1, -0.05) is 30.3 Å². The summed E-state index contributed by atoms with van der Waals surface area (Å²) in [7, 11) is 0. The quantitative estimate of drug-likeness (QED) is 0.516. The molecule has 3 N–H and O–H groups in total.